The molecule has 3 aliphatic rings. The second-order valence-corrected chi connectivity index (χ2v) is 11.7. The van der Waals surface area contributed by atoms with Crippen molar-refractivity contribution >= 4 is 21.8 Å². The van der Waals surface area contributed by atoms with Crippen LogP contribution in [0.25, 0.3) is 0 Å². The summed E-state index contributed by atoms with van der Waals surface area (Å²) >= 11 is 0. The van der Waals surface area contributed by atoms with Gasteiger partial charge in [-0.25, -0.2) is 13.4 Å². The van der Waals surface area contributed by atoms with Crippen LogP contribution in [0.2, 0.25) is 0 Å². The normalized spacial score (nSPS) is 18.6. The Morgan fingerprint density at radius 3 is 2.33 bits per heavy atom. The van der Waals surface area contributed by atoms with Crippen LogP contribution in [0.15, 0.2) is 53.4 Å². The SMILES string of the molecule is Cc1ccc(S(=O)(=O)N2CCc3nc(N4CCc5ccccc5C4)nc(N4CCOCC4)c3C2)cc1. The number of aromatic nitrogens is 2. The number of aryl methyl sites for hydroxylation is 1. The quantitative estimate of drug-likeness (QED) is 0.540. The highest BCUT2D eigenvalue weighted by molar-refractivity contribution is 7.89. The average Bonchev–Trinajstić information content (AvgIpc) is 2.92. The summed E-state index contributed by atoms with van der Waals surface area (Å²) in [4.78, 5) is 14.9. The van der Waals surface area contributed by atoms with Crippen LogP contribution < -0.4 is 9.80 Å². The van der Waals surface area contributed by atoms with Gasteiger partial charge in [0.2, 0.25) is 16.0 Å². The third kappa shape index (κ3) is 4.36. The highest BCUT2D eigenvalue weighted by Crippen LogP contribution is 2.33. The zero-order chi connectivity index (χ0) is 24.7. The molecule has 0 atom stereocenters. The predicted octanol–water partition coefficient (Wildman–Crippen LogP) is 2.93. The lowest BCUT2D eigenvalue weighted by Crippen LogP contribution is -2.42. The van der Waals surface area contributed by atoms with Crippen LogP contribution in [0.1, 0.15) is 27.9 Å². The second-order valence-electron chi connectivity index (χ2n) is 9.71. The van der Waals surface area contributed by atoms with E-state index >= 15 is 0 Å². The van der Waals surface area contributed by atoms with Gasteiger partial charge in [-0.2, -0.15) is 9.29 Å². The van der Waals surface area contributed by atoms with Crippen LogP contribution in [0, 0.1) is 6.92 Å². The van der Waals surface area contributed by atoms with Gasteiger partial charge >= 0.3 is 0 Å². The maximum absolute atomic E-state index is 13.5. The lowest BCUT2D eigenvalue weighted by atomic mass is 10.0. The van der Waals surface area contributed by atoms with E-state index in [1.807, 2.05) is 19.1 Å². The zero-order valence-corrected chi connectivity index (χ0v) is 21.4. The Kier molecular flexibility index (Phi) is 6.15. The van der Waals surface area contributed by atoms with Crippen LogP contribution in [0.3, 0.4) is 0 Å². The minimum Gasteiger partial charge on any atom is -0.378 e. The highest BCUT2D eigenvalue weighted by Gasteiger charge is 2.33. The lowest BCUT2D eigenvalue weighted by Gasteiger charge is -2.36. The van der Waals surface area contributed by atoms with Gasteiger partial charge in [0.15, 0.2) is 0 Å². The molecular weight excluding hydrogens is 474 g/mol. The smallest absolute Gasteiger partial charge is 0.243 e. The van der Waals surface area contributed by atoms with Crippen molar-refractivity contribution in [2.75, 3.05) is 49.2 Å². The van der Waals surface area contributed by atoms with Gasteiger partial charge in [0.05, 0.1) is 23.8 Å². The fourth-order valence-corrected chi connectivity index (χ4v) is 6.68. The molecule has 0 radical (unpaired) electrons. The van der Waals surface area contributed by atoms with Gasteiger partial charge in [-0.3, -0.25) is 0 Å². The Bertz CT molecular complexity index is 1370. The third-order valence-corrected chi connectivity index (χ3v) is 9.23. The molecule has 1 fully saturated rings. The summed E-state index contributed by atoms with van der Waals surface area (Å²) in [6.45, 7) is 7.03. The number of hydrogen-bond acceptors (Lipinski definition) is 7. The molecule has 188 valence electrons. The molecule has 4 heterocycles. The van der Waals surface area contributed by atoms with Crippen molar-refractivity contribution in [3.8, 4) is 0 Å². The van der Waals surface area contributed by atoms with Crippen molar-refractivity contribution in [2.24, 2.45) is 0 Å². The number of hydrogen-bond donors (Lipinski definition) is 0. The average molecular weight is 506 g/mol. The van der Waals surface area contributed by atoms with Crippen LogP contribution in [-0.4, -0.2) is 62.1 Å². The van der Waals surface area contributed by atoms with Gasteiger partial charge in [-0.1, -0.05) is 42.0 Å². The van der Waals surface area contributed by atoms with Gasteiger partial charge in [0, 0.05) is 51.3 Å². The van der Waals surface area contributed by atoms with Gasteiger partial charge in [-0.05, 0) is 36.6 Å². The van der Waals surface area contributed by atoms with E-state index in [9.17, 15) is 8.42 Å². The molecule has 36 heavy (non-hydrogen) atoms. The summed E-state index contributed by atoms with van der Waals surface area (Å²) in [5.41, 5.74) is 5.61. The maximum Gasteiger partial charge on any atom is 0.243 e. The molecule has 0 amide bonds. The van der Waals surface area contributed by atoms with Crippen molar-refractivity contribution in [2.45, 2.75) is 37.8 Å². The molecule has 1 aromatic heterocycles. The van der Waals surface area contributed by atoms with Crippen molar-refractivity contribution in [1.29, 1.82) is 0 Å². The number of rotatable bonds is 4. The summed E-state index contributed by atoms with van der Waals surface area (Å²) in [6, 6.07) is 15.6. The first kappa shape index (κ1) is 23.4. The first-order chi connectivity index (χ1) is 17.5. The fourth-order valence-electron chi connectivity index (χ4n) is 5.27. The number of nitrogens with zero attached hydrogens (tertiary/aromatic N) is 5. The monoisotopic (exact) mass is 505 g/mol. The molecule has 0 N–H and O–H groups in total. The molecule has 9 heteroatoms. The van der Waals surface area contributed by atoms with Crippen molar-refractivity contribution < 1.29 is 13.2 Å². The molecule has 0 bridgehead atoms. The summed E-state index contributed by atoms with van der Waals surface area (Å²) in [5.74, 6) is 1.58. The highest BCUT2D eigenvalue weighted by atomic mass is 32.2. The molecule has 2 aromatic carbocycles. The Balaban J connectivity index is 1.35. The first-order valence-electron chi connectivity index (χ1n) is 12.6. The molecule has 0 aliphatic carbocycles. The van der Waals surface area contributed by atoms with E-state index < -0.39 is 10.0 Å². The minimum absolute atomic E-state index is 0.279. The van der Waals surface area contributed by atoms with Gasteiger partial charge < -0.3 is 14.5 Å². The van der Waals surface area contributed by atoms with Crippen molar-refractivity contribution in [3.05, 3.63) is 76.5 Å². The number of benzene rings is 2. The fraction of sp³-hybridized carbons (Fsp3) is 0.407. The van der Waals surface area contributed by atoms with Crippen LogP contribution in [0.4, 0.5) is 11.8 Å². The molecule has 3 aliphatic heterocycles. The standard InChI is InChI=1S/C27H31N5O3S/c1-20-6-8-23(9-7-20)36(33,34)32-13-11-25-24(19-32)26(30-14-16-35-17-15-30)29-27(28-25)31-12-10-21-4-2-3-5-22(21)18-31/h2-9H,10-19H2,1H3. The van der Waals surface area contributed by atoms with E-state index in [4.69, 9.17) is 14.7 Å². The number of sulfonamides is 1. The summed E-state index contributed by atoms with van der Waals surface area (Å²) in [7, 11) is -3.61. The minimum atomic E-state index is -3.61. The molecule has 8 nitrogen and oxygen atoms in total. The number of morpholine rings is 1. The molecule has 0 spiro atoms. The Labute approximate surface area is 212 Å². The van der Waals surface area contributed by atoms with Gasteiger partial charge in [0.1, 0.15) is 5.82 Å². The van der Waals surface area contributed by atoms with Crippen molar-refractivity contribution in [1.82, 2.24) is 14.3 Å². The first-order valence-corrected chi connectivity index (χ1v) is 14.0. The third-order valence-electron chi connectivity index (χ3n) is 7.37. The van der Waals surface area contributed by atoms with Crippen LogP contribution >= 0.6 is 0 Å². The number of anilines is 2. The van der Waals surface area contributed by atoms with E-state index in [0.29, 0.717) is 31.1 Å². The summed E-state index contributed by atoms with van der Waals surface area (Å²) in [5, 5.41) is 0. The molecule has 6 rings (SSSR count). The molecular formula is C27H31N5O3S. The summed E-state index contributed by atoms with van der Waals surface area (Å²) < 4.78 is 34.1. The lowest BCUT2D eigenvalue weighted by molar-refractivity contribution is 0.122. The Hall–Kier alpha value is -3.01. The zero-order valence-electron chi connectivity index (χ0n) is 20.6. The molecule has 3 aromatic rings. The van der Waals surface area contributed by atoms with Crippen LogP contribution in [0.5, 0.6) is 0 Å². The largest absolute Gasteiger partial charge is 0.378 e. The molecule has 0 saturated carbocycles. The van der Waals surface area contributed by atoms with E-state index in [-0.39, 0.29) is 6.54 Å². The van der Waals surface area contributed by atoms with Crippen LogP contribution in [-0.2, 0) is 40.7 Å². The topological polar surface area (TPSA) is 78.9 Å². The van der Waals surface area contributed by atoms with Gasteiger partial charge in [0.25, 0.3) is 0 Å². The van der Waals surface area contributed by atoms with Gasteiger partial charge in [-0.15, -0.1) is 0 Å². The number of fused-ring (bicyclic) bond motifs is 2. The Morgan fingerprint density at radius 2 is 1.56 bits per heavy atom. The van der Waals surface area contributed by atoms with Crippen molar-refractivity contribution in [3.63, 3.8) is 0 Å². The van der Waals surface area contributed by atoms with E-state index in [0.717, 1.165) is 61.2 Å². The maximum atomic E-state index is 13.5. The van der Waals surface area contributed by atoms with E-state index in [1.54, 1.807) is 16.4 Å². The number of ether oxygens (including phenoxy) is 1. The van der Waals surface area contributed by atoms with E-state index in [2.05, 4.69) is 34.1 Å². The second kappa shape index (κ2) is 9.46. The molecule has 1 saturated heterocycles. The molecule has 0 unspecified atom stereocenters. The summed E-state index contributed by atoms with van der Waals surface area (Å²) in [6.07, 6.45) is 1.53. The predicted molar refractivity (Wildman–Crippen MR) is 139 cm³/mol. The van der Waals surface area contributed by atoms with E-state index in [1.165, 1.54) is 11.1 Å². The Morgan fingerprint density at radius 1 is 0.806 bits per heavy atom.